The third kappa shape index (κ3) is 4.56. The smallest absolute Gasteiger partial charge is 0.410 e. The van der Waals surface area contributed by atoms with Gasteiger partial charge in [0.15, 0.2) is 0 Å². The zero-order chi connectivity index (χ0) is 17.9. The van der Waals surface area contributed by atoms with Crippen LogP contribution in [0.5, 0.6) is 0 Å². The van der Waals surface area contributed by atoms with E-state index in [0.29, 0.717) is 30.2 Å². The number of nitrogens with one attached hydrogen (secondary N) is 2. The molecular formula is C16H26N6O2. The molecular weight excluding hydrogens is 308 g/mol. The van der Waals surface area contributed by atoms with Gasteiger partial charge >= 0.3 is 6.09 Å². The summed E-state index contributed by atoms with van der Waals surface area (Å²) < 4.78 is 5.44. The predicted molar refractivity (Wildman–Crippen MR) is 93.4 cm³/mol. The van der Waals surface area contributed by atoms with Crippen LogP contribution >= 0.6 is 0 Å². The number of nitrogen functional groups attached to an aromatic ring is 1. The summed E-state index contributed by atoms with van der Waals surface area (Å²) in [5, 5.41) is 11.2. The van der Waals surface area contributed by atoms with Gasteiger partial charge in [-0.1, -0.05) is 0 Å². The predicted octanol–water partition coefficient (Wildman–Crippen LogP) is 2.26. The molecule has 0 spiro atoms. The Bertz CT molecular complexity index is 625. The first-order chi connectivity index (χ1) is 11.2. The van der Waals surface area contributed by atoms with Crippen molar-refractivity contribution in [2.45, 2.75) is 52.2 Å². The van der Waals surface area contributed by atoms with E-state index in [0.717, 1.165) is 12.8 Å². The number of carbonyl (C=O) groups is 1. The van der Waals surface area contributed by atoms with E-state index < -0.39 is 5.60 Å². The maximum absolute atomic E-state index is 12.2. The fraction of sp³-hybridized carbons (Fsp3) is 0.625. The fourth-order valence-electron chi connectivity index (χ4n) is 2.66. The van der Waals surface area contributed by atoms with Crippen LogP contribution in [0.25, 0.3) is 0 Å². The highest BCUT2D eigenvalue weighted by molar-refractivity contribution is 6.04. The van der Waals surface area contributed by atoms with E-state index in [2.05, 4.69) is 15.3 Å². The average Bonchev–Trinajstić information content (AvgIpc) is 2.45. The summed E-state index contributed by atoms with van der Waals surface area (Å²) in [7, 11) is 0. The molecule has 1 aromatic rings. The molecule has 1 fully saturated rings. The number of anilines is 2. The Kier molecular flexibility index (Phi) is 5.26. The summed E-state index contributed by atoms with van der Waals surface area (Å²) >= 11 is 0. The van der Waals surface area contributed by atoms with Crippen molar-refractivity contribution in [3.63, 3.8) is 0 Å². The highest BCUT2D eigenvalue weighted by atomic mass is 16.6. The van der Waals surface area contributed by atoms with Crippen molar-refractivity contribution in [2.24, 2.45) is 0 Å². The van der Waals surface area contributed by atoms with Crippen LogP contribution in [0.1, 0.15) is 46.1 Å². The van der Waals surface area contributed by atoms with Crippen molar-refractivity contribution in [1.29, 1.82) is 5.41 Å². The van der Waals surface area contributed by atoms with Gasteiger partial charge in [0.1, 0.15) is 23.6 Å². The number of ether oxygens (including phenoxy) is 1. The zero-order valence-corrected chi connectivity index (χ0v) is 14.7. The monoisotopic (exact) mass is 334 g/mol. The van der Waals surface area contributed by atoms with Crippen LogP contribution in [0.15, 0.2) is 6.33 Å². The maximum atomic E-state index is 12.2. The van der Waals surface area contributed by atoms with Gasteiger partial charge in [0.2, 0.25) is 0 Å². The molecule has 1 aliphatic rings. The van der Waals surface area contributed by atoms with E-state index in [1.165, 1.54) is 6.33 Å². The lowest BCUT2D eigenvalue weighted by Crippen LogP contribution is -2.47. The second kappa shape index (κ2) is 7.02. The number of carbonyl (C=O) groups excluding carboxylic acids is 1. The number of piperidine rings is 1. The van der Waals surface area contributed by atoms with Crippen molar-refractivity contribution < 1.29 is 9.53 Å². The number of rotatable bonds is 3. The molecule has 1 aromatic heterocycles. The van der Waals surface area contributed by atoms with Crippen molar-refractivity contribution in [3.8, 4) is 0 Å². The normalized spacial score (nSPS) is 18.2. The molecule has 8 heteroatoms. The lowest BCUT2D eigenvalue weighted by Gasteiger charge is -2.34. The van der Waals surface area contributed by atoms with Crippen molar-refractivity contribution >= 4 is 23.4 Å². The van der Waals surface area contributed by atoms with Crippen LogP contribution in [0.4, 0.5) is 16.4 Å². The molecule has 8 nitrogen and oxygen atoms in total. The van der Waals surface area contributed by atoms with E-state index in [1.54, 1.807) is 11.8 Å². The first-order valence-corrected chi connectivity index (χ1v) is 8.08. The molecule has 0 aromatic carbocycles. The first kappa shape index (κ1) is 18.0. The third-order valence-corrected chi connectivity index (χ3v) is 3.67. The Labute approximate surface area is 142 Å². The summed E-state index contributed by atoms with van der Waals surface area (Å²) in [5.41, 5.74) is 6.15. The number of aromatic nitrogens is 2. The Morgan fingerprint density at radius 1 is 1.46 bits per heavy atom. The van der Waals surface area contributed by atoms with Gasteiger partial charge in [-0.05, 0) is 40.5 Å². The van der Waals surface area contributed by atoms with Gasteiger partial charge in [0, 0.05) is 24.8 Å². The van der Waals surface area contributed by atoms with Crippen LogP contribution in [0.2, 0.25) is 0 Å². The number of hydrogen-bond acceptors (Lipinski definition) is 7. The van der Waals surface area contributed by atoms with Gasteiger partial charge < -0.3 is 26.1 Å². The van der Waals surface area contributed by atoms with Gasteiger partial charge in [0.25, 0.3) is 0 Å². The molecule has 0 radical (unpaired) electrons. The number of likely N-dealkylation sites (tertiary alicyclic amines) is 1. The van der Waals surface area contributed by atoms with Gasteiger partial charge in [0.05, 0.1) is 5.56 Å². The van der Waals surface area contributed by atoms with E-state index >= 15 is 0 Å². The molecule has 4 N–H and O–H groups in total. The Balaban J connectivity index is 2.08. The standard InChI is InChI=1S/C16H26N6O2/c1-10(17)12-13(18)19-9-20-14(12)21-11-6-5-7-22(8-11)15(23)24-16(2,3)4/h9,11,17H,5-8H2,1-4H3,(H3,18,19,20,21). The van der Waals surface area contributed by atoms with Crippen LogP contribution in [-0.4, -0.2) is 51.4 Å². The molecule has 24 heavy (non-hydrogen) atoms. The minimum atomic E-state index is -0.511. The third-order valence-electron chi connectivity index (χ3n) is 3.67. The topological polar surface area (TPSA) is 117 Å². The lowest BCUT2D eigenvalue weighted by atomic mass is 10.1. The molecule has 1 unspecified atom stereocenters. The minimum absolute atomic E-state index is 0.0265. The molecule has 1 aliphatic heterocycles. The Hall–Kier alpha value is -2.38. The molecule has 1 atom stereocenters. The van der Waals surface area contributed by atoms with Gasteiger partial charge in [-0.2, -0.15) is 0 Å². The molecule has 1 saturated heterocycles. The number of amides is 1. The van der Waals surface area contributed by atoms with Gasteiger partial charge in [-0.3, -0.25) is 0 Å². The second-order valence-corrected chi connectivity index (χ2v) is 7.02. The SMILES string of the molecule is CC(=N)c1c(N)ncnc1NC1CCCN(C(=O)OC(C)(C)C)C1. The van der Waals surface area contributed by atoms with Crippen LogP contribution in [-0.2, 0) is 4.74 Å². The maximum Gasteiger partial charge on any atom is 0.410 e. The highest BCUT2D eigenvalue weighted by Gasteiger charge is 2.28. The van der Waals surface area contributed by atoms with Crippen molar-refractivity contribution in [1.82, 2.24) is 14.9 Å². The molecule has 2 rings (SSSR count). The number of nitrogens with zero attached hydrogens (tertiary/aromatic N) is 3. The number of nitrogens with two attached hydrogens (primary N) is 1. The highest BCUT2D eigenvalue weighted by Crippen LogP contribution is 2.22. The van der Waals surface area contributed by atoms with Gasteiger partial charge in [-0.15, -0.1) is 0 Å². The van der Waals surface area contributed by atoms with E-state index in [1.807, 2.05) is 20.8 Å². The molecule has 1 amide bonds. The molecule has 2 heterocycles. The molecule has 132 valence electrons. The molecule has 0 bridgehead atoms. The Morgan fingerprint density at radius 2 is 2.17 bits per heavy atom. The van der Waals surface area contributed by atoms with E-state index in [9.17, 15) is 4.79 Å². The van der Waals surface area contributed by atoms with Crippen molar-refractivity contribution in [3.05, 3.63) is 11.9 Å². The summed E-state index contributed by atoms with van der Waals surface area (Å²) in [4.78, 5) is 22.1. The van der Waals surface area contributed by atoms with Crippen LogP contribution in [0, 0.1) is 5.41 Å². The van der Waals surface area contributed by atoms with Crippen molar-refractivity contribution in [2.75, 3.05) is 24.1 Å². The first-order valence-electron chi connectivity index (χ1n) is 8.08. The number of hydrogen-bond donors (Lipinski definition) is 3. The van der Waals surface area contributed by atoms with E-state index in [4.69, 9.17) is 15.9 Å². The van der Waals surface area contributed by atoms with Gasteiger partial charge in [-0.25, -0.2) is 14.8 Å². The van der Waals surface area contributed by atoms with Crippen LogP contribution in [0.3, 0.4) is 0 Å². The van der Waals surface area contributed by atoms with E-state index in [-0.39, 0.29) is 18.0 Å². The van der Waals surface area contributed by atoms with Crippen LogP contribution < -0.4 is 11.1 Å². The average molecular weight is 334 g/mol. The minimum Gasteiger partial charge on any atom is -0.444 e. The Morgan fingerprint density at radius 3 is 2.79 bits per heavy atom. The summed E-state index contributed by atoms with van der Waals surface area (Å²) in [6, 6.07) is 0.0265. The fourth-order valence-corrected chi connectivity index (χ4v) is 2.66. The largest absolute Gasteiger partial charge is 0.444 e. The quantitative estimate of drug-likeness (QED) is 0.730. The molecule has 0 saturated carbocycles. The summed E-state index contributed by atoms with van der Waals surface area (Å²) in [6.07, 6.45) is 2.84. The second-order valence-electron chi connectivity index (χ2n) is 7.02. The lowest BCUT2D eigenvalue weighted by molar-refractivity contribution is 0.0206. The summed E-state index contributed by atoms with van der Waals surface area (Å²) in [6.45, 7) is 8.41. The molecule has 0 aliphatic carbocycles. The summed E-state index contributed by atoms with van der Waals surface area (Å²) in [5.74, 6) is 0.811. The zero-order valence-electron chi connectivity index (χ0n) is 14.7.